The molecule has 1 aromatic carbocycles. The van der Waals surface area contributed by atoms with Crippen LogP contribution in [-0.2, 0) is 14.4 Å². The molecular weight excluding hydrogens is 434 g/mol. The van der Waals surface area contributed by atoms with Gasteiger partial charge in [0.05, 0.1) is 16.6 Å². The average Bonchev–Trinajstić information content (AvgIpc) is 3.16. The molecule has 11 heteroatoms. The van der Waals surface area contributed by atoms with E-state index >= 15 is 0 Å². The number of aliphatic carboxylic acids is 1. The predicted octanol–water partition coefficient (Wildman–Crippen LogP) is 2.38. The number of halogens is 1. The Morgan fingerprint density at radius 3 is 2.53 bits per heavy atom. The summed E-state index contributed by atoms with van der Waals surface area (Å²) >= 11 is 7.65. The van der Waals surface area contributed by atoms with E-state index in [0.29, 0.717) is 10.6 Å². The minimum Gasteiger partial charge on any atom is -0.480 e. The SMILES string of the molecule is CC1ON(C(=O)O)C(c2ccccc2Cl)=C1C(=O)NCC1N[C@@H](C(=O)O)C(C)(C)S1. The number of hydrogen-bond acceptors (Lipinski definition) is 6. The van der Waals surface area contributed by atoms with Gasteiger partial charge >= 0.3 is 12.1 Å². The molecule has 1 fully saturated rings. The van der Waals surface area contributed by atoms with Gasteiger partial charge in [-0.1, -0.05) is 29.8 Å². The lowest BCUT2D eigenvalue weighted by atomic mass is 10.0. The van der Waals surface area contributed by atoms with E-state index in [2.05, 4.69) is 10.6 Å². The van der Waals surface area contributed by atoms with Crippen LogP contribution in [0.15, 0.2) is 29.8 Å². The van der Waals surface area contributed by atoms with Crippen LogP contribution < -0.4 is 10.6 Å². The first-order valence-corrected chi connectivity index (χ1v) is 10.4. The van der Waals surface area contributed by atoms with E-state index in [1.807, 2.05) is 13.8 Å². The Balaban J connectivity index is 1.84. The summed E-state index contributed by atoms with van der Waals surface area (Å²) in [6.45, 7) is 5.36. The van der Waals surface area contributed by atoms with E-state index < -0.39 is 34.9 Å². The van der Waals surface area contributed by atoms with Crippen molar-refractivity contribution >= 4 is 47.0 Å². The second-order valence-electron chi connectivity index (χ2n) is 7.42. The molecule has 2 heterocycles. The molecule has 162 valence electrons. The summed E-state index contributed by atoms with van der Waals surface area (Å²) in [5, 5.41) is 25.2. The van der Waals surface area contributed by atoms with Gasteiger partial charge in [0.1, 0.15) is 12.1 Å². The third-order valence-corrected chi connectivity index (χ3v) is 6.62. The molecule has 0 saturated carbocycles. The molecule has 2 amide bonds. The van der Waals surface area contributed by atoms with Crippen molar-refractivity contribution in [2.45, 2.75) is 43.0 Å². The van der Waals surface area contributed by atoms with Crippen molar-refractivity contribution in [2.24, 2.45) is 0 Å². The zero-order valence-electron chi connectivity index (χ0n) is 16.5. The lowest BCUT2D eigenvalue weighted by Gasteiger charge is -2.20. The van der Waals surface area contributed by atoms with Gasteiger partial charge in [0, 0.05) is 21.9 Å². The van der Waals surface area contributed by atoms with Crippen molar-refractivity contribution < 1.29 is 29.4 Å². The number of rotatable bonds is 5. The predicted molar refractivity (Wildman–Crippen MR) is 112 cm³/mol. The maximum absolute atomic E-state index is 13.0. The van der Waals surface area contributed by atoms with Gasteiger partial charge in [0.2, 0.25) is 0 Å². The molecule has 1 aromatic rings. The van der Waals surface area contributed by atoms with E-state index in [0.717, 1.165) is 0 Å². The summed E-state index contributed by atoms with van der Waals surface area (Å²) in [7, 11) is 0. The second kappa shape index (κ2) is 8.46. The summed E-state index contributed by atoms with van der Waals surface area (Å²) in [6, 6.07) is 5.82. The highest BCUT2D eigenvalue weighted by molar-refractivity contribution is 8.01. The zero-order chi connectivity index (χ0) is 22.2. The monoisotopic (exact) mass is 455 g/mol. The fourth-order valence-corrected chi connectivity index (χ4v) is 5.15. The highest BCUT2D eigenvalue weighted by Crippen LogP contribution is 2.39. The standard InChI is InChI=1S/C19H22ClN3O6S/c1-9-13(14(23(29-9)18(27)28)10-6-4-5-7-11(10)20)16(24)21-8-12-22-15(17(25)26)19(2,3)30-12/h4-7,9,12,15,22H,8H2,1-3H3,(H,21,24)(H,25,26)(H,27,28)/t9?,12?,15-/m0/s1. The van der Waals surface area contributed by atoms with Crippen LogP contribution >= 0.6 is 23.4 Å². The molecule has 3 rings (SSSR count). The minimum absolute atomic E-state index is 0.0638. The molecule has 30 heavy (non-hydrogen) atoms. The van der Waals surface area contributed by atoms with E-state index in [1.54, 1.807) is 31.2 Å². The first kappa shape index (κ1) is 22.4. The summed E-state index contributed by atoms with van der Waals surface area (Å²) in [6.07, 6.45) is -2.20. The minimum atomic E-state index is -1.38. The number of nitrogens with zero attached hydrogens (tertiary/aromatic N) is 1. The molecule has 2 aliphatic heterocycles. The Morgan fingerprint density at radius 2 is 1.97 bits per heavy atom. The summed E-state index contributed by atoms with van der Waals surface area (Å²) in [5.74, 6) is -1.47. The van der Waals surface area contributed by atoms with Crippen molar-refractivity contribution in [3.05, 3.63) is 40.4 Å². The van der Waals surface area contributed by atoms with Gasteiger partial charge in [0.25, 0.3) is 5.91 Å². The highest BCUT2D eigenvalue weighted by Gasteiger charge is 2.45. The van der Waals surface area contributed by atoms with Gasteiger partial charge in [-0.3, -0.25) is 19.7 Å². The number of benzene rings is 1. The molecule has 0 aromatic heterocycles. The van der Waals surface area contributed by atoms with Crippen LogP contribution in [0.4, 0.5) is 4.79 Å². The van der Waals surface area contributed by atoms with Crippen LogP contribution in [-0.4, -0.2) is 62.1 Å². The molecule has 2 aliphatic rings. The first-order valence-electron chi connectivity index (χ1n) is 9.16. The lowest BCUT2D eigenvalue weighted by molar-refractivity contribution is -0.139. The number of thioether (sulfide) groups is 1. The van der Waals surface area contributed by atoms with Crippen LogP contribution in [0.25, 0.3) is 5.70 Å². The number of hydrogen-bond donors (Lipinski definition) is 4. The van der Waals surface area contributed by atoms with Crippen LogP contribution in [0.2, 0.25) is 5.02 Å². The quantitative estimate of drug-likeness (QED) is 0.532. The van der Waals surface area contributed by atoms with Gasteiger partial charge in [0.15, 0.2) is 0 Å². The van der Waals surface area contributed by atoms with Gasteiger partial charge in [-0.2, -0.15) is 5.06 Å². The Bertz CT molecular complexity index is 921. The summed E-state index contributed by atoms with van der Waals surface area (Å²) < 4.78 is -0.549. The summed E-state index contributed by atoms with van der Waals surface area (Å²) in [5.41, 5.74) is 0.549. The van der Waals surface area contributed by atoms with Crippen molar-refractivity contribution in [2.75, 3.05) is 6.54 Å². The third kappa shape index (κ3) is 4.27. The molecule has 1 saturated heterocycles. The zero-order valence-corrected chi connectivity index (χ0v) is 18.1. The molecular formula is C19H22ClN3O6S. The Morgan fingerprint density at radius 1 is 1.30 bits per heavy atom. The van der Waals surface area contributed by atoms with Crippen LogP contribution in [0.3, 0.4) is 0 Å². The van der Waals surface area contributed by atoms with Gasteiger partial charge in [-0.15, -0.1) is 11.8 Å². The number of carboxylic acids is 1. The number of carboxylic acid groups (broad SMARTS) is 2. The van der Waals surface area contributed by atoms with Crippen molar-refractivity contribution in [3.63, 3.8) is 0 Å². The fourth-order valence-electron chi connectivity index (χ4n) is 3.51. The lowest BCUT2D eigenvalue weighted by Crippen LogP contribution is -2.46. The number of carbonyl (C=O) groups is 3. The fraction of sp³-hybridized carbons (Fsp3) is 0.421. The molecule has 4 N–H and O–H groups in total. The van der Waals surface area contributed by atoms with Crippen LogP contribution in [0.1, 0.15) is 26.3 Å². The maximum Gasteiger partial charge on any atom is 0.436 e. The Hall–Kier alpha value is -2.27. The Kier molecular flexibility index (Phi) is 6.32. The molecule has 0 radical (unpaired) electrons. The van der Waals surface area contributed by atoms with E-state index in [9.17, 15) is 24.6 Å². The van der Waals surface area contributed by atoms with E-state index in [-0.39, 0.29) is 28.2 Å². The van der Waals surface area contributed by atoms with Crippen molar-refractivity contribution in [1.82, 2.24) is 15.7 Å². The molecule has 3 atom stereocenters. The molecule has 9 nitrogen and oxygen atoms in total. The smallest absolute Gasteiger partial charge is 0.436 e. The molecule has 0 spiro atoms. The molecule has 0 bridgehead atoms. The maximum atomic E-state index is 13.0. The largest absolute Gasteiger partial charge is 0.480 e. The number of amides is 2. The summed E-state index contributed by atoms with van der Waals surface area (Å²) in [4.78, 5) is 41.5. The third-order valence-electron chi connectivity index (χ3n) is 4.86. The van der Waals surface area contributed by atoms with Crippen molar-refractivity contribution in [1.29, 1.82) is 0 Å². The molecule has 0 aliphatic carbocycles. The van der Waals surface area contributed by atoms with Crippen molar-refractivity contribution in [3.8, 4) is 0 Å². The van der Waals surface area contributed by atoms with E-state index in [4.69, 9.17) is 16.4 Å². The molecule has 2 unspecified atom stereocenters. The van der Waals surface area contributed by atoms with Crippen LogP contribution in [0.5, 0.6) is 0 Å². The highest BCUT2D eigenvalue weighted by atomic mass is 35.5. The second-order valence-corrected chi connectivity index (χ2v) is 9.69. The number of hydroxylamine groups is 2. The van der Waals surface area contributed by atoms with Gasteiger partial charge < -0.3 is 15.5 Å². The van der Waals surface area contributed by atoms with Gasteiger partial charge in [-0.25, -0.2) is 4.79 Å². The first-order chi connectivity index (χ1) is 14.0. The number of nitrogens with one attached hydrogen (secondary N) is 2. The Labute approximate surface area is 182 Å². The normalized spacial score (nSPS) is 25.5. The van der Waals surface area contributed by atoms with Gasteiger partial charge in [-0.05, 0) is 26.8 Å². The topological polar surface area (TPSA) is 128 Å². The van der Waals surface area contributed by atoms with E-state index in [1.165, 1.54) is 11.8 Å². The number of carbonyl (C=O) groups excluding carboxylic acids is 1. The van der Waals surface area contributed by atoms with Crippen LogP contribution in [0, 0.1) is 0 Å². The average molecular weight is 456 g/mol.